The van der Waals surface area contributed by atoms with Crippen LogP contribution in [0.2, 0.25) is 0 Å². The Balaban J connectivity index is 1.76. The summed E-state index contributed by atoms with van der Waals surface area (Å²) in [6, 6.07) is 6.40. The van der Waals surface area contributed by atoms with E-state index in [1.54, 1.807) is 36.1 Å². The molecule has 8 heteroatoms. The number of rotatable bonds is 4. The van der Waals surface area contributed by atoms with Crippen LogP contribution in [-0.2, 0) is 14.8 Å². The fourth-order valence-electron chi connectivity index (χ4n) is 3.31. The third-order valence-corrected chi connectivity index (χ3v) is 6.03. The number of piperidine rings is 1. The summed E-state index contributed by atoms with van der Waals surface area (Å²) in [6.45, 7) is 4.31. The molecular weight excluding hydrogens is 354 g/mol. The van der Waals surface area contributed by atoms with Crippen molar-refractivity contribution in [1.82, 2.24) is 15.2 Å². The number of carbonyl (C=O) groups is 1. The molecule has 2 unspecified atom stereocenters. The third kappa shape index (κ3) is 3.61. The quantitative estimate of drug-likeness (QED) is 0.620. The standard InChI is InChI=1S/C18H23N3O4S/c1-12-4-7-15(8-5-12)26(23,24)20-19-13(2)16-10-14-6-9-17(16)21(11-14)18(22)25-3/h4-9,14,17,19-20H,10-11H2,1-3H3. The van der Waals surface area contributed by atoms with Crippen molar-refractivity contribution in [2.24, 2.45) is 5.92 Å². The molecule has 0 radical (unpaired) electrons. The Morgan fingerprint density at radius 1 is 1.23 bits per heavy atom. The lowest BCUT2D eigenvalue weighted by Gasteiger charge is -2.42. The highest BCUT2D eigenvalue weighted by Crippen LogP contribution is 2.35. The number of benzene rings is 1. The van der Waals surface area contributed by atoms with Crippen LogP contribution in [0.15, 0.2) is 52.6 Å². The minimum absolute atomic E-state index is 0.189. The fourth-order valence-corrected chi connectivity index (χ4v) is 4.21. The van der Waals surface area contributed by atoms with Crippen LogP contribution < -0.4 is 10.3 Å². The number of hydrogen-bond donors (Lipinski definition) is 2. The van der Waals surface area contributed by atoms with Crippen LogP contribution in [0.4, 0.5) is 4.79 Å². The minimum atomic E-state index is -3.68. The van der Waals surface area contributed by atoms with E-state index in [1.807, 2.05) is 13.0 Å². The van der Waals surface area contributed by atoms with Gasteiger partial charge in [-0.1, -0.05) is 29.8 Å². The van der Waals surface area contributed by atoms with E-state index >= 15 is 0 Å². The maximum Gasteiger partial charge on any atom is 0.410 e. The number of nitrogens with zero attached hydrogens (tertiary/aromatic N) is 1. The molecule has 1 fully saturated rings. The molecule has 140 valence electrons. The number of carbonyl (C=O) groups excluding carboxylic acids is 1. The molecule has 2 heterocycles. The molecule has 26 heavy (non-hydrogen) atoms. The normalized spacial score (nSPS) is 23.7. The maximum atomic E-state index is 12.4. The molecule has 4 rings (SSSR count). The van der Waals surface area contributed by atoms with E-state index in [1.165, 1.54) is 7.11 Å². The van der Waals surface area contributed by atoms with Crippen LogP contribution in [0, 0.1) is 12.8 Å². The van der Waals surface area contributed by atoms with Crippen LogP contribution in [0.25, 0.3) is 0 Å². The summed E-state index contributed by atoms with van der Waals surface area (Å²) < 4.78 is 29.7. The highest BCUT2D eigenvalue weighted by Gasteiger charge is 2.37. The number of allylic oxidation sites excluding steroid dienone is 1. The largest absolute Gasteiger partial charge is 0.453 e. The Morgan fingerprint density at radius 3 is 2.54 bits per heavy atom. The number of fused-ring (bicyclic) bond motifs is 2. The predicted molar refractivity (Wildman–Crippen MR) is 97.5 cm³/mol. The molecule has 0 saturated carbocycles. The van der Waals surface area contributed by atoms with Gasteiger partial charge >= 0.3 is 6.09 Å². The van der Waals surface area contributed by atoms with Gasteiger partial charge in [0.2, 0.25) is 0 Å². The third-order valence-electron chi connectivity index (χ3n) is 4.77. The average Bonchev–Trinajstić information content (AvgIpc) is 2.66. The molecule has 1 aromatic rings. The van der Waals surface area contributed by atoms with Crippen molar-refractivity contribution in [3.63, 3.8) is 0 Å². The number of hydrazine groups is 1. The molecule has 2 aliphatic heterocycles. The first kappa shape index (κ1) is 18.5. The number of sulfonamides is 1. The van der Waals surface area contributed by atoms with Gasteiger partial charge in [0.05, 0.1) is 18.0 Å². The maximum absolute atomic E-state index is 12.4. The minimum Gasteiger partial charge on any atom is -0.453 e. The zero-order chi connectivity index (χ0) is 18.9. The van der Waals surface area contributed by atoms with E-state index in [0.717, 1.165) is 17.6 Å². The fraction of sp³-hybridized carbons (Fsp3) is 0.389. The Kier molecular flexibility index (Phi) is 5.06. The highest BCUT2D eigenvalue weighted by molar-refractivity contribution is 7.89. The van der Waals surface area contributed by atoms with E-state index in [-0.39, 0.29) is 22.9 Å². The van der Waals surface area contributed by atoms with Crippen LogP contribution >= 0.6 is 0 Å². The van der Waals surface area contributed by atoms with Crippen LogP contribution in [0.1, 0.15) is 18.9 Å². The van der Waals surface area contributed by atoms with Gasteiger partial charge in [-0.3, -0.25) is 4.90 Å². The van der Waals surface area contributed by atoms with Gasteiger partial charge in [-0.25, -0.2) is 13.2 Å². The molecule has 2 N–H and O–H groups in total. The van der Waals surface area contributed by atoms with Gasteiger partial charge in [-0.05, 0) is 43.9 Å². The molecule has 2 atom stereocenters. The van der Waals surface area contributed by atoms with Gasteiger partial charge in [0, 0.05) is 12.2 Å². The summed E-state index contributed by atoms with van der Waals surface area (Å²) in [5.74, 6) is 0.208. The summed E-state index contributed by atoms with van der Waals surface area (Å²) in [6.07, 6.45) is 4.45. The molecule has 1 aliphatic carbocycles. The molecule has 7 nitrogen and oxygen atoms in total. The number of amides is 1. The number of aryl methyl sites for hydroxylation is 1. The lowest BCUT2D eigenvalue weighted by molar-refractivity contribution is 0.100. The number of ether oxygens (including phenoxy) is 1. The van der Waals surface area contributed by atoms with Crippen molar-refractivity contribution >= 4 is 16.1 Å². The van der Waals surface area contributed by atoms with Crippen molar-refractivity contribution in [2.75, 3.05) is 13.7 Å². The number of methoxy groups -OCH3 is 1. The first-order valence-corrected chi connectivity index (χ1v) is 9.87. The zero-order valence-corrected chi connectivity index (χ0v) is 15.8. The second-order valence-corrected chi connectivity index (χ2v) is 8.29. The molecule has 3 aliphatic rings. The van der Waals surface area contributed by atoms with E-state index in [9.17, 15) is 13.2 Å². The molecular formula is C18H23N3O4S. The molecule has 1 amide bonds. The summed E-state index contributed by atoms with van der Waals surface area (Å²) in [7, 11) is -2.32. The Labute approximate surface area is 153 Å². The molecule has 1 aromatic carbocycles. The summed E-state index contributed by atoms with van der Waals surface area (Å²) in [5, 5.41) is 0. The van der Waals surface area contributed by atoms with Crippen molar-refractivity contribution in [1.29, 1.82) is 0 Å². The van der Waals surface area contributed by atoms with E-state index in [0.29, 0.717) is 12.2 Å². The molecule has 1 saturated heterocycles. The van der Waals surface area contributed by atoms with Gasteiger partial charge in [0.1, 0.15) is 0 Å². The topological polar surface area (TPSA) is 87.7 Å². The Hall–Kier alpha value is -2.32. The van der Waals surface area contributed by atoms with Crippen molar-refractivity contribution < 1.29 is 17.9 Å². The monoisotopic (exact) mass is 377 g/mol. The predicted octanol–water partition coefficient (Wildman–Crippen LogP) is 2.08. The van der Waals surface area contributed by atoms with Crippen molar-refractivity contribution in [3.05, 3.63) is 53.3 Å². The smallest absolute Gasteiger partial charge is 0.410 e. The molecule has 0 aromatic heterocycles. The van der Waals surface area contributed by atoms with Crippen LogP contribution in [0.5, 0.6) is 0 Å². The SMILES string of the molecule is COC(=O)N1CC2C=CC1C(=C(C)NNS(=O)(=O)c1ccc(C)cc1)C2. The number of nitrogens with one attached hydrogen (secondary N) is 2. The van der Waals surface area contributed by atoms with Crippen LogP contribution in [0.3, 0.4) is 0 Å². The van der Waals surface area contributed by atoms with Crippen molar-refractivity contribution in [3.8, 4) is 0 Å². The summed E-state index contributed by atoms with van der Waals surface area (Å²) >= 11 is 0. The van der Waals surface area contributed by atoms with Crippen molar-refractivity contribution in [2.45, 2.75) is 31.2 Å². The lowest BCUT2D eigenvalue weighted by Crippen LogP contribution is -2.51. The van der Waals surface area contributed by atoms with E-state index in [2.05, 4.69) is 16.3 Å². The Morgan fingerprint density at radius 2 is 1.92 bits per heavy atom. The first-order valence-electron chi connectivity index (χ1n) is 8.39. The van der Waals surface area contributed by atoms with E-state index < -0.39 is 10.0 Å². The summed E-state index contributed by atoms with van der Waals surface area (Å²) in [4.78, 5) is 16.2. The van der Waals surface area contributed by atoms with E-state index in [4.69, 9.17) is 4.74 Å². The zero-order valence-electron chi connectivity index (χ0n) is 15.0. The lowest BCUT2D eigenvalue weighted by atomic mass is 9.81. The molecule has 0 spiro atoms. The summed E-state index contributed by atoms with van der Waals surface area (Å²) in [5.41, 5.74) is 5.45. The molecule has 2 bridgehead atoms. The van der Waals surface area contributed by atoms with Gasteiger partial charge < -0.3 is 10.2 Å². The number of hydrogen-bond acceptors (Lipinski definition) is 5. The van der Waals surface area contributed by atoms with Crippen LogP contribution in [-0.4, -0.2) is 39.1 Å². The Bertz CT molecular complexity index is 859. The van der Waals surface area contributed by atoms with Gasteiger partial charge in [-0.2, -0.15) is 0 Å². The first-order chi connectivity index (χ1) is 12.3. The second kappa shape index (κ2) is 7.13. The van der Waals surface area contributed by atoms with Gasteiger partial charge in [-0.15, -0.1) is 4.83 Å². The van der Waals surface area contributed by atoms with Gasteiger partial charge in [0.15, 0.2) is 0 Å². The second-order valence-electron chi connectivity index (χ2n) is 6.61. The van der Waals surface area contributed by atoms with Gasteiger partial charge in [0.25, 0.3) is 10.0 Å². The highest BCUT2D eigenvalue weighted by atomic mass is 32.2. The average molecular weight is 377 g/mol.